The number of carbonyl (C=O) groups is 2. The molecule has 0 bridgehead atoms. The van der Waals surface area contributed by atoms with Gasteiger partial charge in [0.15, 0.2) is 6.10 Å². The average Bonchev–Trinajstić information content (AvgIpc) is 2.62. The molecule has 1 N–H and O–H groups in total. The number of nitriles is 1. The van der Waals surface area contributed by atoms with Crippen molar-refractivity contribution >= 4 is 33.5 Å². The number of nitrogens with zero attached hydrogens (tertiary/aromatic N) is 1. The number of hydrogen-bond acceptors (Lipinski definition) is 5. The maximum Gasteiger partial charge on any atom is 0.340 e. The normalized spacial score (nSPS) is 11.1. The molecular weight excluding hydrogens is 388 g/mol. The van der Waals surface area contributed by atoms with Crippen molar-refractivity contribution in [2.24, 2.45) is 0 Å². The van der Waals surface area contributed by atoms with Crippen LogP contribution in [0.1, 0.15) is 22.8 Å². The van der Waals surface area contributed by atoms with Gasteiger partial charge in [0.1, 0.15) is 5.75 Å². The van der Waals surface area contributed by atoms with E-state index < -0.39 is 18.0 Å². The zero-order valence-electron chi connectivity index (χ0n) is 13.6. The van der Waals surface area contributed by atoms with Crippen molar-refractivity contribution in [1.82, 2.24) is 0 Å². The van der Waals surface area contributed by atoms with Crippen LogP contribution in [-0.4, -0.2) is 25.1 Å². The first-order valence-electron chi connectivity index (χ1n) is 7.30. The highest BCUT2D eigenvalue weighted by atomic mass is 79.9. The minimum Gasteiger partial charge on any atom is -0.497 e. The molecule has 2 aromatic carbocycles. The minimum absolute atomic E-state index is 0.261. The van der Waals surface area contributed by atoms with E-state index in [1.54, 1.807) is 36.4 Å². The molecule has 0 heterocycles. The molecule has 0 radical (unpaired) electrons. The molecule has 1 amide bonds. The van der Waals surface area contributed by atoms with Crippen molar-refractivity contribution < 1.29 is 19.1 Å². The van der Waals surface area contributed by atoms with Gasteiger partial charge < -0.3 is 14.8 Å². The Bertz CT molecular complexity index is 828. The Kier molecular flexibility index (Phi) is 6.14. The van der Waals surface area contributed by atoms with Crippen LogP contribution >= 0.6 is 15.9 Å². The molecule has 0 saturated heterocycles. The molecule has 0 aromatic heterocycles. The second kappa shape index (κ2) is 8.31. The fourth-order valence-electron chi connectivity index (χ4n) is 1.94. The summed E-state index contributed by atoms with van der Waals surface area (Å²) in [5, 5.41) is 11.4. The standard InChI is InChI=1S/C18H15BrN2O4/c1-11(17(22)21-13-5-3-12(10-20)4-6-13)25-18(23)15-9-14(24-2)7-8-16(15)19/h3-9,11H,1-2H3,(H,21,22)/t11-/m1/s1. The first-order chi connectivity index (χ1) is 11.9. The number of anilines is 1. The van der Waals surface area contributed by atoms with Gasteiger partial charge in [0.05, 0.1) is 24.3 Å². The Labute approximate surface area is 153 Å². The van der Waals surface area contributed by atoms with Gasteiger partial charge in [-0.05, 0) is 65.3 Å². The monoisotopic (exact) mass is 402 g/mol. The van der Waals surface area contributed by atoms with E-state index in [-0.39, 0.29) is 5.56 Å². The summed E-state index contributed by atoms with van der Waals surface area (Å²) in [5.41, 5.74) is 1.26. The Morgan fingerprint density at radius 1 is 1.20 bits per heavy atom. The summed E-state index contributed by atoms with van der Waals surface area (Å²) >= 11 is 3.27. The first-order valence-corrected chi connectivity index (χ1v) is 8.09. The van der Waals surface area contributed by atoms with Crippen LogP contribution in [0.2, 0.25) is 0 Å². The van der Waals surface area contributed by atoms with E-state index in [0.717, 1.165) is 0 Å². The lowest BCUT2D eigenvalue weighted by Gasteiger charge is -2.14. The number of rotatable bonds is 5. The number of methoxy groups -OCH3 is 1. The fraction of sp³-hybridized carbons (Fsp3) is 0.167. The second-order valence-electron chi connectivity index (χ2n) is 5.07. The van der Waals surface area contributed by atoms with Crippen molar-refractivity contribution in [2.45, 2.75) is 13.0 Å². The molecule has 0 aliphatic carbocycles. The van der Waals surface area contributed by atoms with Crippen molar-refractivity contribution in [3.05, 3.63) is 58.1 Å². The second-order valence-corrected chi connectivity index (χ2v) is 5.93. The van der Waals surface area contributed by atoms with Gasteiger partial charge in [-0.25, -0.2) is 4.79 Å². The van der Waals surface area contributed by atoms with Gasteiger partial charge in [-0.3, -0.25) is 4.79 Å². The Morgan fingerprint density at radius 3 is 2.48 bits per heavy atom. The summed E-state index contributed by atoms with van der Waals surface area (Å²) < 4.78 is 10.8. The number of ether oxygens (including phenoxy) is 2. The molecule has 2 rings (SSSR count). The van der Waals surface area contributed by atoms with Gasteiger partial charge in [0, 0.05) is 10.2 Å². The molecule has 2 aromatic rings. The predicted octanol–water partition coefficient (Wildman–Crippen LogP) is 3.51. The molecule has 0 saturated carbocycles. The van der Waals surface area contributed by atoms with Gasteiger partial charge in [-0.2, -0.15) is 5.26 Å². The van der Waals surface area contributed by atoms with E-state index in [9.17, 15) is 9.59 Å². The summed E-state index contributed by atoms with van der Waals surface area (Å²) in [7, 11) is 1.49. The molecule has 0 aliphatic heterocycles. The van der Waals surface area contributed by atoms with Crippen LogP contribution in [0.4, 0.5) is 5.69 Å². The zero-order chi connectivity index (χ0) is 18.4. The third-order valence-electron chi connectivity index (χ3n) is 3.33. The van der Waals surface area contributed by atoms with Crippen molar-refractivity contribution in [3.63, 3.8) is 0 Å². The molecule has 0 fully saturated rings. The van der Waals surface area contributed by atoms with E-state index in [1.165, 1.54) is 20.1 Å². The lowest BCUT2D eigenvalue weighted by Crippen LogP contribution is -2.30. The zero-order valence-corrected chi connectivity index (χ0v) is 15.2. The molecule has 7 heteroatoms. The summed E-state index contributed by atoms with van der Waals surface area (Å²) in [6.07, 6.45) is -0.999. The topological polar surface area (TPSA) is 88.4 Å². The molecular formula is C18H15BrN2O4. The molecule has 0 aliphatic rings. The smallest absolute Gasteiger partial charge is 0.340 e. The largest absolute Gasteiger partial charge is 0.497 e. The predicted molar refractivity (Wildman–Crippen MR) is 95.4 cm³/mol. The molecule has 0 spiro atoms. The van der Waals surface area contributed by atoms with E-state index >= 15 is 0 Å². The molecule has 6 nitrogen and oxygen atoms in total. The van der Waals surface area contributed by atoms with Crippen LogP contribution in [-0.2, 0) is 9.53 Å². The van der Waals surface area contributed by atoms with Crippen LogP contribution in [0.15, 0.2) is 46.9 Å². The highest BCUT2D eigenvalue weighted by molar-refractivity contribution is 9.10. The quantitative estimate of drug-likeness (QED) is 0.772. The van der Waals surface area contributed by atoms with Crippen LogP contribution in [0.3, 0.4) is 0 Å². The summed E-state index contributed by atoms with van der Waals surface area (Å²) in [6.45, 7) is 1.48. The Morgan fingerprint density at radius 2 is 1.88 bits per heavy atom. The van der Waals surface area contributed by atoms with Crippen LogP contribution in [0.5, 0.6) is 5.75 Å². The van der Waals surface area contributed by atoms with Crippen molar-refractivity contribution in [1.29, 1.82) is 5.26 Å². The number of amides is 1. The maximum atomic E-state index is 12.3. The third-order valence-corrected chi connectivity index (χ3v) is 4.02. The lowest BCUT2D eigenvalue weighted by atomic mass is 10.2. The number of hydrogen-bond donors (Lipinski definition) is 1. The van der Waals surface area contributed by atoms with Gasteiger partial charge in [-0.15, -0.1) is 0 Å². The van der Waals surface area contributed by atoms with Gasteiger partial charge in [0.25, 0.3) is 5.91 Å². The van der Waals surface area contributed by atoms with Crippen LogP contribution in [0, 0.1) is 11.3 Å². The summed E-state index contributed by atoms with van der Waals surface area (Å²) in [6, 6.07) is 13.2. The molecule has 128 valence electrons. The molecule has 0 unspecified atom stereocenters. The SMILES string of the molecule is COc1ccc(Br)c(C(=O)O[C@H](C)C(=O)Nc2ccc(C#N)cc2)c1. The van der Waals surface area contributed by atoms with Crippen molar-refractivity contribution in [2.75, 3.05) is 12.4 Å². The maximum absolute atomic E-state index is 12.3. The summed E-state index contributed by atoms with van der Waals surface area (Å²) in [4.78, 5) is 24.4. The van der Waals surface area contributed by atoms with E-state index in [1.807, 2.05) is 6.07 Å². The Hall–Kier alpha value is -2.85. The van der Waals surface area contributed by atoms with Crippen LogP contribution in [0.25, 0.3) is 0 Å². The van der Waals surface area contributed by atoms with Gasteiger partial charge >= 0.3 is 5.97 Å². The third kappa shape index (κ3) is 4.81. The fourth-order valence-corrected chi connectivity index (χ4v) is 2.35. The first kappa shape index (κ1) is 18.5. The van der Waals surface area contributed by atoms with E-state index in [4.69, 9.17) is 14.7 Å². The number of nitrogens with one attached hydrogen (secondary N) is 1. The van der Waals surface area contributed by atoms with Gasteiger partial charge in [-0.1, -0.05) is 0 Å². The number of carbonyl (C=O) groups excluding carboxylic acids is 2. The number of benzene rings is 2. The minimum atomic E-state index is -0.999. The highest BCUT2D eigenvalue weighted by Crippen LogP contribution is 2.23. The van der Waals surface area contributed by atoms with Crippen molar-refractivity contribution in [3.8, 4) is 11.8 Å². The Balaban J connectivity index is 2.02. The van der Waals surface area contributed by atoms with E-state index in [0.29, 0.717) is 21.5 Å². The molecule has 25 heavy (non-hydrogen) atoms. The highest BCUT2D eigenvalue weighted by Gasteiger charge is 2.21. The number of halogens is 1. The molecule has 1 atom stereocenters. The lowest BCUT2D eigenvalue weighted by molar-refractivity contribution is -0.123. The number of esters is 1. The van der Waals surface area contributed by atoms with Crippen LogP contribution < -0.4 is 10.1 Å². The average molecular weight is 403 g/mol. The van der Waals surface area contributed by atoms with Gasteiger partial charge in [0.2, 0.25) is 0 Å². The summed E-state index contributed by atoms with van der Waals surface area (Å²) in [5.74, 6) is -0.616. The van der Waals surface area contributed by atoms with E-state index in [2.05, 4.69) is 21.2 Å².